The summed E-state index contributed by atoms with van der Waals surface area (Å²) < 4.78 is 67.8. The summed E-state index contributed by atoms with van der Waals surface area (Å²) in [5.41, 5.74) is -0.625. The highest BCUT2D eigenvalue weighted by molar-refractivity contribution is 7.92. The van der Waals surface area contributed by atoms with Crippen molar-refractivity contribution in [3.63, 3.8) is 0 Å². The van der Waals surface area contributed by atoms with Gasteiger partial charge in [-0.1, -0.05) is 36.2 Å². The number of hydrogen-bond donors (Lipinski definition) is 0. The summed E-state index contributed by atoms with van der Waals surface area (Å²) in [6, 6.07) is 8.74. The summed E-state index contributed by atoms with van der Waals surface area (Å²) in [4.78, 5) is 14.4. The van der Waals surface area contributed by atoms with Crippen LogP contribution in [0.5, 0.6) is 0 Å². The molecule has 1 saturated heterocycles. The van der Waals surface area contributed by atoms with E-state index in [2.05, 4.69) is 0 Å². The quantitative estimate of drug-likeness (QED) is 0.587. The first-order chi connectivity index (χ1) is 14.9. The Morgan fingerprint density at radius 3 is 2.44 bits per heavy atom. The van der Waals surface area contributed by atoms with Gasteiger partial charge in [0.2, 0.25) is 5.91 Å². The predicted octanol–water partition coefficient (Wildman–Crippen LogP) is 5.12. The Labute approximate surface area is 190 Å². The number of likely N-dealkylation sites (tertiary alicyclic amines) is 1. The standard InChI is InChI=1S/C22H24ClF3N2O3S/c1-15-5-8-18(9-6-15)32(30,31)28(14-21(29)27-11-3-4-16(2)13-27)17-7-10-20(23)19(12-17)22(24,25)26/h5-10,12,16H,3-4,11,13-14H2,1-2H3/t16-/m1/s1. The molecule has 1 amide bonds. The van der Waals surface area contributed by atoms with Crippen molar-refractivity contribution in [2.45, 2.75) is 37.8 Å². The number of piperidine rings is 1. The molecular weight excluding hydrogens is 465 g/mol. The van der Waals surface area contributed by atoms with Crippen LogP contribution in [0.25, 0.3) is 0 Å². The van der Waals surface area contributed by atoms with Gasteiger partial charge in [-0.25, -0.2) is 8.42 Å². The van der Waals surface area contributed by atoms with Crippen LogP contribution in [0.15, 0.2) is 47.4 Å². The first-order valence-corrected chi connectivity index (χ1v) is 12.0. The van der Waals surface area contributed by atoms with Crippen molar-refractivity contribution in [3.8, 4) is 0 Å². The van der Waals surface area contributed by atoms with E-state index in [4.69, 9.17) is 11.6 Å². The number of amides is 1. The van der Waals surface area contributed by atoms with Crippen LogP contribution >= 0.6 is 11.6 Å². The molecule has 0 bridgehead atoms. The number of sulfonamides is 1. The molecular formula is C22H24ClF3N2O3S. The smallest absolute Gasteiger partial charge is 0.341 e. The Morgan fingerprint density at radius 2 is 1.84 bits per heavy atom. The second-order valence-electron chi connectivity index (χ2n) is 8.07. The summed E-state index contributed by atoms with van der Waals surface area (Å²) >= 11 is 5.71. The fourth-order valence-electron chi connectivity index (χ4n) is 3.68. The van der Waals surface area contributed by atoms with E-state index >= 15 is 0 Å². The van der Waals surface area contributed by atoms with E-state index in [0.29, 0.717) is 19.2 Å². The number of anilines is 1. The van der Waals surface area contributed by atoms with Gasteiger partial charge >= 0.3 is 6.18 Å². The van der Waals surface area contributed by atoms with Crippen LogP contribution in [-0.4, -0.2) is 38.9 Å². The lowest BCUT2D eigenvalue weighted by Crippen LogP contribution is -2.46. The lowest BCUT2D eigenvalue weighted by molar-refractivity contribution is -0.137. The highest BCUT2D eigenvalue weighted by Gasteiger charge is 2.36. The molecule has 10 heteroatoms. The van der Waals surface area contributed by atoms with Gasteiger partial charge in [-0.2, -0.15) is 13.2 Å². The van der Waals surface area contributed by atoms with Gasteiger partial charge in [-0.3, -0.25) is 9.10 Å². The second kappa shape index (κ2) is 9.31. The molecule has 0 aromatic heterocycles. The Balaban J connectivity index is 2.05. The third kappa shape index (κ3) is 5.38. The Hall–Kier alpha value is -2.26. The van der Waals surface area contributed by atoms with Crippen molar-refractivity contribution in [3.05, 3.63) is 58.6 Å². The summed E-state index contributed by atoms with van der Waals surface area (Å²) in [6.07, 6.45) is -3.03. The number of rotatable bonds is 5. The van der Waals surface area contributed by atoms with Gasteiger partial charge in [0.25, 0.3) is 10.0 Å². The van der Waals surface area contributed by atoms with E-state index in [1.807, 2.05) is 6.92 Å². The van der Waals surface area contributed by atoms with Gasteiger partial charge in [0.15, 0.2) is 0 Å². The zero-order chi connectivity index (χ0) is 23.7. The predicted molar refractivity (Wildman–Crippen MR) is 117 cm³/mol. The normalized spacial score (nSPS) is 17.3. The molecule has 5 nitrogen and oxygen atoms in total. The van der Waals surface area contributed by atoms with Gasteiger partial charge in [-0.05, 0) is 56.0 Å². The number of nitrogens with zero attached hydrogens (tertiary/aromatic N) is 2. The largest absolute Gasteiger partial charge is 0.417 e. The lowest BCUT2D eigenvalue weighted by Gasteiger charge is -2.33. The highest BCUT2D eigenvalue weighted by Crippen LogP contribution is 2.38. The number of hydrogen-bond acceptors (Lipinski definition) is 3. The van der Waals surface area contributed by atoms with Crippen LogP contribution in [-0.2, 0) is 21.0 Å². The molecule has 1 aliphatic heterocycles. The van der Waals surface area contributed by atoms with Crippen LogP contribution in [0.4, 0.5) is 18.9 Å². The number of halogens is 4. The molecule has 174 valence electrons. The van der Waals surface area contributed by atoms with Crippen molar-refractivity contribution >= 4 is 33.2 Å². The van der Waals surface area contributed by atoms with Crippen LogP contribution in [0.2, 0.25) is 5.02 Å². The molecule has 0 N–H and O–H groups in total. The minimum Gasteiger partial charge on any atom is -0.341 e. The Morgan fingerprint density at radius 1 is 1.19 bits per heavy atom. The number of carbonyl (C=O) groups excluding carboxylic acids is 1. The lowest BCUT2D eigenvalue weighted by atomic mass is 10.0. The summed E-state index contributed by atoms with van der Waals surface area (Å²) in [6.45, 7) is 4.13. The van der Waals surface area contributed by atoms with Gasteiger partial charge in [0.05, 0.1) is 21.2 Å². The molecule has 1 fully saturated rings. The molecule has 1 aliphatic rings. The molecule has 0 saturated carbocycles. The fraction of sp³-hybridized carbons (Fsp3) is 0.409. The third-order valence-corrected chi connectivity index (χ3v) is 7.56. The van der Waals surface area contributed by atoms with Crippen molar-refractivity contribution < 1.29 is 26.4 Å². The molecule has 0 aliphatic carbocycles. The molecule has 3 rings (SSSR count). The third-order valence-electron chi connectivity index (χ3n) is 5.44. The van der Waals surface area contributed by atoms with Crippen molar-refractivity contribution in [2.75, 3.05) is 23.9 Å². The maximum absolute atomic E-state index is 13.4. The molecule has 0 radical (unpaired) electrons. The first kappa shape index (κ1) is 24.4. The maximum Gasteiger partial charge on any atom is 0.417 e. The Bertz CT molecular complexity index is 1090. The monoisotopic (exact) mass is 488 g/mol. The minimum atomic E-state index is -4.78. The summed E-state index contributed by atoms with van der Waals surface area (Å²) in [5.74, 6) is -0.196. The maximum atomic E-state index is 13.4. The average Bonchev–Trinajstić information content (AvgIpc) is 2.72. The van der Waals surface area contributed by atoms with Gasteiger partial charge < -0.3 is 4.90 Å². The zero-order valence-electron chi connectivity index (χ0n) is 17.7. The number of aryl methyl sites for hydroxylation is 1. The summed E-state index contributed by atoms with van der Waals surface area (Å²) in [5, 5.41) is -0.551. The summed E-state index contributed by atoms with van der Waals surface area (Å²) in [7, 11) is -4.32. The SMILES string of the molecule is Cc1ccc(S(=O)(=O)N(CC(=O)N2CCC[C@@H](C)C2)c2ccc(Cl)c(C(F)(F)F)c2)cc1. The van der Waals surface area contributed by atoms with E-state index in [1.54, 1.807) is 24.0 Å². The zero-order valence-corrected chi connectivity index (χ0v) is 19.3. The molecule has 1 heterocycles. The van der Waals surface area contributed by atoms with Crippen LogP contribution < -0.4 is 4.31 Å². The molecule has 32 heavy (non-hydrogen) atoms. The van der Waals surface area contributed by atoms with Crippen molar-refractivity contribution in [1.82, 2.24) is 4.90 Å². The minimum absolute atomic E-state index is 0.119. The van der Waals surface area contributed by atoms with Crippen LogP contribution in [0.3, 0.4) is 0 Å². The number of alkyl halides is 3. The van der Waals surface area contributed by atoms with E-state index in [-0.39, 0.29) is 16.5 Å². The van der Waals surface area contributed by atoms with Gasteiger partial charge in [0, 0.05) is 13.1 Å². The van der Waals surface area contributed by atoms with E-state index < -0.39 is 39.2 Å². The van der Waals surface area contributed by atoms with Crippen molar-refractivity contribution in [2.24, 2.45) is 5.92 Å². The van der Waals surface area contributed by atoms with Gasteiger partial charge in [0.1, 0.15) is 6.54 Å². The van der Waals surface area contributed by atoms with Crippen LogP contribution in [0.1, 0.15) is 30.9 Å². The Kier molecular flexibility index (Phi) is 7.09. The van der Waals surface area contributed by atoms with E-state index in [1.165, 1.54) is 18.2 Å². The topological polar surface area (TPSA) is 57.7 Å². The van der Waals surface area contributed by atoms with Crippen molar-refractivity contribution in [1.29, 1.82) is 0 Å². The van der Waals surface area contributed by atoms with Gasteiger partial charge in [-0.15, -0.1) is 0 Å². The molecule has 0 unspecified atom stereocenters. The second-order valence-corrected chi connectivity index (χ2v) is 10.3. The molecule has 2 aromatic rings. The van der Waals surface area contributed by atoms with Crippen LogP contribution in [0, 0.1) is 12.8 Å². The molecule has 0 spiro atoms. The number of carbonyl (C=O) groups is 1. The highest BCUT2D eigenvalue weighted by atomic mass is 35.5. The fourth-order valence-corrected chi connectivity index (χ4v) is 5.31. The first-order valence-electron chi connectivity index (χ1n) is 10.1. The molecule has 1 atom stereocenters. The van der Waals surface area contributed by atoms with E-state index in [0.717, 1.165) is 28.8 Å². The average molecular weight is 489 g/mol. The molecule has 2 aromatic carbocycles. The number of benzene rings is 2. The van der Waals surface area contributed by atoms with E-state index in [9.17, 15) is 26.4 Å².